The molecule has 0 atom stereocenters. The lowest BCUT2D eigenvalue weighted by atomic mass is 9.83. The lowest BCUT2D eigenvalue weighted by Gasteiger charge is -2.37. The zero-order valence-corrected chi connectivity index (χ0v) is 12.6. The minimum atomic E-state index is -0.0374. The number of hydrogen-bond donors (Lipinski definition) is 1. The Morgan fingerprint density at radius 3 is 2.65 bits per heavy atom. The molecule has 0 unspecified atom stereocenters. The third-order valence-corrected chi connectivity index (χ3v) is 4.49. The summed E-state index contributed by atoms with van der Waals surface area (Å²) in [5.74, 6) is 1.33. The molecule has 1 aliphatic rings. The molecule has 0 aliphatic heterocycles. The molecule has 0 amide bonds. The van der Waals surface area contributed by atoms with Crippen LogP contribution in [0, 0.1) is 0 Å². The predicted octanol–water partition coefficient (Wildman–Crippen LogP) is 4.85. The first-order valence-corrected chi connectivity index (χ1v) is 7.51. The van der Waals surface area contributed by atoms with Crippen molar-refractivity contribution in [3.05, 3.63) is 21.8 Å². The first-order valence-electron chi connectivity index (χ1n) is 5.80. The molecule has 1 aliphatic carbocycles. The molecule has 94 valence electrons. The molecule has 0 aromatic carbocycles. The van der Waals surface area contributed by atoms with Gasteiger partial charge in [-0.2, -0.15) is 0 Å². The summed E-state index contributed by atoms with van der Waals surface area (Å²) in [6.45, 7) is 0. The molecule has 0 spiro atoms. The van der Waals surface area contributed by atoms with Crippen molar-refractivity contribution in [2.24, 2.45) is 0 Å². The molecule has 2 rings (SSSR count). The average molecular weight is 338 g/mol. The van der Waals surface area contributed by atoms with E-state index in [9.17, 15) is 0 Å². The Hall–Kier alpha value is 0.01000. The standard InChI is InChI=1S/C12H15BrCl2N2/c13-9-6-10(15)11(16-7-9)17-12(8-14)4-2-1-3-5-12/h6-7H,1-5,8H2,(H,16,17). The van der Waals surface area contributed by atoms with Gasteiger partial charge in [-0.05, 0) is 34.8 Å². The number of nitrogens with zero attached hydrogens (tertiary/aromatic N) is 1. The zero-order chi connectivity index (χ0) is 12.3. The van der Waals surface area contributed by atoms with Gasteiger partial charge in [-0.1, -0.05) is 30.9 Å². The molecule has 0 radical (unpaired) electrons. The molecule has 0 bridgehead atoms. The average Bonchev–Trinajstić information content (AvgIpc) is 2.34. The van der Waals surface area contributed by atoms with E-state index in [-0.39, 0.29) is 5.54 Å². The molecule has 1 fully saturated rings. The van der Waals surface area contributed by atoms with Gasteiger partial charge in [0.2, 0.25) is 0 Å². The molecule has 1 heterocycles. The lowest BCUT2D eigenvalue weighted by Crippen LogP contribution is -2.42. The monoisotopic (exact) mass is 336 g/mol. The van der Waals surface area contributed by atoms with Crippen molar-refractivity contribution in [2.75, 3.05) is 11.2 Å². The van der Waals surface area contributed by atoms with Gasteiger partial charge in [0.05, 0.1) is 10.6 Å². The molecule has 1 saturated carbocycles. The van der Waals surface area contributed by atoms with Gasteiger partial charge in [-0.3, -0.25) is 0 Å². The number of rotatable bonds is 3. The van der Waals surface area contributed by atoms with Crippen LogP contribution in [0.3, 0.4) is 0 Å². The maximum absolute atomic E-state index is 6.17. The molecule has 0 saturated heterocycles. The Kier molecular flexibility index (Phi) is 4.56. The van der Waals surface area contributed by atoms with Crippen molar-refractivity contribution in [1.29, 1.82) is 0 Å². The number of halogens is 3. The van der Waals surface area contributed by atoms with E-state index in [0.29, 0.717) is 10.9 Å². The van der Waals surface area contributed by atoms with Gasteiger partial charge in [-0.25, -0.2) is 4.98 Å². The number of nitrogens with one attached hydrogen (secondary N) is 1. The van der Waals surface area contributed by atoms with E-state index in [0.717, 1.165) is 23.1 Å². The van der Waals surface area contributed by atoms with Crippen molar-refractivity contribution in [2.45, 2.75) is 37.6 Å². The van der Waals surface area contributed by atoms with Gasteiger partial charge in [-0.15, -0.1) is 11.6 Å². The molecule has 2 nitrogen and oxygen atoms in total. The topological polar surface area (TPSA) is 24.9 Å². The summed E-state index contributed by atoms with van der Waals surface area (Å²) in [5.41, 5.74) is -0.0374. The summed E-state index contributed by atoms with van der Waals surface area (Å²) >= 11 is 15.6. The minimum absolute atomic E-state index is 0.0374. The third kappa shape index (κ3) is 3.27. The van der Waals surface area contributed by atoms with Gasteiger partial charge in [0.15, 0.2) is 0 Å². The van der Waals surface area contributed by atoms with Gasteiger partial charge in [0.1, 0.15) is 5.82 Å². The quantitative estimate of drug-likeness (QED) is 0.797. The fraction of sp³-hybridized carbons (Fsp3) is 0.583. The summed E-state index contributed by atoms with van der Waals surface area (Å²) in [6, 6.07) is 1.85. The van der Waals surface area contributed by atoms with Gasteiger partial charge >= 0.3 is 0 Å². The molecule has 1 aromatic heterocycles. The summed E-state index contributed by atoms with van der Waals surface area (Å²) in [6.07, 6.45) is 7.65. The maximum atomic E-state index is 6.17. The van der Waals surface area contributed by atoms with E-state index in [4.69, 9.17) is 23.2 Å². The second-order valence-corrected chi connectivity index (χ2v) is 6.17. The molecule has 1 aromatic rings. The van der Waals surface area contributed by atoms with E-state index >= 15 is 0 Å². The Morgan fingerprint density at radius 2 is 2.06 bits per heavy atom. The normalized spacial score (nSPS) is 19.0. The highest BCUT2D eigenvalue weighted by Crippen LogP contribution is 2.34. The molecule has 1 N–H and O–H groups in total. The van der Waals surface area contributed by atoms with Crippen molar-refractivity contribution in [1.82, 2.24) is 4.98 Å². The van der Waals surface area contributed by atoms with E-state index in [1.165, 1.54) is 19.3 Å². The van der Waals surface area contributed by atoms with Crippen LogP contribution in [0.15, 0.2) is 16.7 Å². The van der Waals surface area contributed by atoms with Gasteiger partial charge < -0.3 is 5.32 Å². The summed E-state index contributed by atoms with van der Waals surface area (Å²) < 4.78 is 0.886. The molecule has 5 heteroatoms. The Labute approximate surface area is 120 Å². The van der Waals surface area contributed by atoms with Crippen molar-refractivity contribution in [3.63, 3.8) is 0 Å². The van der Waals surface area contributed by atoms with Crippen molar-refractivity contribution < 1.29 is 0 Å². The lowest BCUT2D eigenvalue weighted by molar-refractivity contribution is 0.352. The molecular weight excluding hydrogens is 323 g/mol. The first kappa shape index (κ1) is 13.4. The maximum Gasteiger partial charge on any atom is 0.145 e. The number of pyridine rings is 1. The largest absolute Gasteiger partial charge is 0.362 e. The van der Waals surface area contributed by atoms with Crippen LogP contribution in [-0.4, -0.2) is 16.4 Å². The first-order chi connectivity index (χ1) is 8.15. The number of anilines is 1. The predicted molar refractivity (Wildman–Crippen MR) is 77.1 cm³/mol. The Bertz CT molecular complexity index is 392. The van der Waals surface area contributed by atoms with Crippen molar-refractivity contribution >= 4 is 44.9 Å². The van der Waals surface area contributed by atoms with Crippen LogP contribution in [0.4, 0.5) is 5.82 Å². The number of alkyl halides is 1. The SMILES string of the molecule is ClCC1(Nc2ncc(Br)cc2Cl)CCCCC1. The fourth-order valence-electron chi connectivity index (χ4n) is 2.28. The second-order valence-electron chi connectivity index (χ2n) is 4.58. The van der Waals surface area contributed by atoms with Crippen LogP contribution in [0.1, 0.15) is 32.1 Å². The minimum Gasteiger partial charge on any atom is -0.362 e. The van der Waals surface area contributed by atoms with Crippen molar-refractivity contribution in [3.8, 4) is 0 Å². The van der Waals surface area contributed by atoms with Gasteiger partial charge in [0.25, 0.3) is 0 Å². The highest BCUT2D eigenvalue weighted by atomic mass is 79.9. The van der Waals surface area contributed by atoms with E-state index in [1.807, 2.05) is 6.07 Å². The van der Waals surface area contributed by atoms with Crippen LogP contribution >= 0.6 is 39.1 Å². The zero-order valence-electron chi connectivity index (χ0n) is 9.48. The molecular formula is C12H15BrCl2N2. The molecule has 17 heavy (non-hydrogen) atoms. The fourth-order valence-corrected chi connectivity index (χ4v) is 3.29. The van der Waals surface area contributed by atoms with Crippen LogP contribution in [0.2, 0.25) is 5.02 Å². The Morgan fingerprint density at radius 1 is 1.35 bits per heavy atom. The van der Waals surface area contributed by atoms with Gasteiger partial charge in [0, 0.05) is 16.5 Å². The summed E-state index contributed by atoms with van der Waals surface area (Å²) in [5, 5.41) is 4.08. The highest BCUT2D eigenvalue weighted by Gasteiger charge is 2.31. The van der Waals surface area contributed by atoms with Crippen LogP contribution < -0.4 is 5.32 Å². The van der Waals surface area contributed by atoms with Crippen LogP contribution in [0.5, 0.6) is 0 Å². The number of aromatic nitrogens is 1. The van der Waals surface area contributed by atoms with E-state index in [2.05, 4.69) is 26.2 Å². The second kappa shape index (κ2) is 5.77. The van der Waals surface area contributed by atoms with E-state index in [1.54, 1.807) is 6.20 Å². The van der Waals surface area contributed by atoms with Crippen LogP contribution in [-0.2, 0) is 0 Å². The Balaban J connectivity index is 2.17. The smallest absolute Gasteiger partial charge is 0.145 e. The van der Waals surface area contributed by atoms with E-state index < -0.39 is 0 Å². The third-order valence-electron chi connectivity index (χ3n) is 3.26. The number of hydrogen-bond acceptors (Lipinski definition) is 2. The summed E-state index contributed by atoms with van der Waals surface area (Å²) in [4.78, 5) is 4.32. The van der Waals surface area contributed by atoms with Crippen LogP contribution in [0.25, 0.3) is 0 Å². The highest BCUT2D eigenvalue weighted by molar-refractivity contribution is 9.10. The summed E-state index contributed by atoms with van der Waals surface area (Å²) in [7, 11) is 0.